The Labute approximate surface area is 240 Å². The van der Waals surface area contributed by atoms with Crippen molar-refractivity contribution in [2.75, 3.05) is 42.9 Å². The molecule has 10 nitrogen and oxygen atoms in total. The summed E-state index contributed by atoms with van der Waals surface area (Å²) < 4.78 is 16.5. The van der Waals surface area contributed by atoms with Gasteiger partial charge in [-0.1, -0.05) is 17.4 Å². The lowest BCUT2D eigenvalue weighted by Crippen LogP contribution is -2.51. The number of rotatable bonds is 7. The third kappa shape index (κ3) is 5.98. The van der Waals surface area contributed by atoms with Crippen molar-refractivity contribution in [2.45, 2.75) is 19.9 Å². The second-order valence-corrected chi connectivity index (χ2v) is 10.1. The third-order valence-electron chi connectivity index (χ3n) is 6.71. The number of halogens is 2. The number of hydrogen-bond acceptors (Lipinski definition) is 8. The zero-order valence-corrected chi connectivity index (χ0v) is 23.6. The highest BCUT2D eigenvalue weighted by atomic mass is 35.5. The van der Waals surface area contributed by atoms with Gasteiger partial charge >= 0.3 is 12.0 Å². The Kier molecular flexibility index (Phi) is 9.13. The SMILES string of the molecule is CCNC(=O)Nc1nc2c(F)c(-c3ccc(N4CCN(C(C)C(=O)O)CC4)nc3)cc(-c3ccccn3)c2s1.Cl. The number of hydrogen-bond donors (Lipinski definition) is 3. The van der Waals surface area contributed by atoms with Gasteiger partial charge < -0.3 is 15.3 Å². The summed E-state index contributed by atoms with van der Waals surface area (Å²) in [6.45, 7) is 6.48. The number of benzene rings is 1. The number of aliphatic carboxylic acids is 1. The number of carboxylic acids is 1. The number of fused-ring (bicyclic) bond motifs is 1. The molecule has 2 amide bonds. The van der Waals surface area contributed by atoms with Crippen molar-refractivity contribution >= 4 is 56.9 Å². The van der Waals surface area contributed by atoms with Crippen LogP contribution in [-0.2, 0) is 4.79 Å². The van der Waals surface area contributed by atoms with Gasteiger partial charge in [-0.25, -0.2) is 19.2 Å². The third-order valence-corrected chi connectivity index (χ3v) is 7.71. The van der Waals surface area contributed by atoms with Gasteiger partial charge in [-0.2, -0.15) is 0 Å². The van der Waals surface area contributed by atoms with E-state index in [-0.39, 0.29) is 23.1 Å². The van der Waals surface area contributed by atoms with Crippen LogP contribution < -0.4 is 15.5 Å². The van der Waals surface area contributed by atoms with Gasteiger partial charge in [0.2, 0.25) is 0 Å². The average Bonchev–Trinajstić information content (AvgIpc) is 3.37. The number of urea groups is 1. The monoisotopic (exact) mass is 585 g/mol. The summed E-state index contributed by atoms with van der Waals surface area (Å²) in [5.41, 5.74) is 2.43. The van der Waals surface area contributed by atoms with Gasteiger partial charge in [0, 0.05) is 61.8 Å². The normalized spacial score (nSPS) is 14.4. The van der Waals surface area contributed by atoms with E-state index in [0.29, 0.717) is 59.8 Å². The van der Waals surface area contributed by atoms with Crippen LogP contribution >= 0.6 is 23.7 Å². The van der Waals surface area contributed by atoms with Crippen molar-refractivity contribution in [3.63, 3.8) is 0 Å². The molecule has 1 aliphatic heterocycles. The van der Waals surface area contributed by atoms with E-state index in [9.17, 15) is 14.7 Å². The molecular formula is C27H29ClFN7O3S. The largest absolute Gasteiger partial charge is 0.480 e. The van der Waals surface area contributed by atoms with Crippen LogP contribution in [0, 0.1) is 5.82 Å². The van der Waals surface area contributed by atoms with E-state index < -0.39 is 23.9 Å². The molecule has 5 rings (SSSR count). The first-order valence-corrected chi connectivity index (χ1v) is 13.4. The topological polar surface area (TPSA) is 124 Å². The maximum Gasteiger partial charge on any atom is 0.321 e. The fourth-order valence-electron chi connectivity index (χ4n) is 4.56. The quantitative estimate of drug-likeness (QED) is 0.285. The smallest absolute Gasteiger partial charge is 0.321 e. The summed E-state index contributed by atoms with van der Waals surface area (Å²) >= 11 is 1.19. The van der Waals surface area contributed by atoms with Crippen LogP contribution in [0.4, 0.5) is 20.1 Å². The van der Waals surface area contributed by atoms with Crippen molar-refractivity contribution in [3.8, 4) is 22.4 Å². The molecule has 13 heteroatoms. The fraction of sp³-hybridized carbons (Fsp3) is 0.296. The van der Waals surface area contributed by atoms with E-state index in [2.05, 4.69) is 30.5 Å². The van der Waals surface area contributed by atoms with Crippen LogP contribution in [0.3, 0.4) is 0 Å². The molecule has 0 spiro atoms. The molecule has 0 aliphatic carbocycles. The molecule has 0 bridgehead atoms. The van der Waals surface area contributed by atoms with Gasteiger partial charge in [-0.3, -0.25) is 20.0 Å². The number of thiazole rings is 1. The van der Waals surface area contributed by atoms with Gasteiger partial charge in [-0.15, -0.1) is 12.4 Å². The Hall–Kier alpha value is -3.87. The molecule has 1 aromatic carbocycles. The molecule has 1 atom stereocenters. The summed E-state index contributed by atoms with van der Waals surface area (Å²) in [6, 6.07) is 9.99. The standard InChI is InChI=1S/C27H28FN7O3S.ClH/c1-3-29-26(38)33-27-32-23-22(28)18(14-19(24(23)39-27)20-6-4-5-9-30-20)17-7-8-21(31-15-17)35-12-10-34(11-13-35)16(2)25(36)37;/h4-9,14-16H,3,10-13H2,1-2H3,(H,36,37)(H2,29,32,33,38);1H. The Morgan fingerprint density at radius 1 is 1.12 bits per heavy atom. The summed E-state index contributed by atoms with van der Waals surface area (Å²) in [7, 11) is 0. The predicted octanol–water partition coefficient (Wildman–Crippen LogP) is 4.72. The van der Waals surface area contributed by atoms with E-state index in [1.165, 1.54) is 11.3 Å². The second-order valence-electron chi connectivity index (χ2n) is 9.12. The molecule has 3 aromatic heterocycles. The van der Waals surface area contributed by atoms with Crippen LogP contribution in [0.25, 0.3) is 32.6 Å². The summed E-state index contributed by atoms with van der Waals surface area (Å²) in [4.78, 5) is 40.8. The average molecular weight is 586 g/mol. The molecule has 0 radical (unpaired) electrons. The van der Waals surface area contributed by atoms with Gasteiger partial charge in [0.25, 0.3) is 0 Å². The summed E-state index contributed by atoms with van der Waals surface area (Å²) in [5, 5.41) is 14.9. The number of piperazine rings is 1. The number of pyridine rings is 2. The molecule has 0 saturated carbocycles. The first kappa shape index (κ1) is 29.1. The first-order valence-electron chi connectivity index (χ1n) is 12.6. The number of carbonyl (C=O) groups is 2. The van der Waals surface area contributed by atoms with Gasteiger partial charge in [0.15, 0.2) is 10.9 Å². The van der Waals surface area contributed by atoms with E-state index in [0.717, 1.165) is 5.82 Å². The molecule has 1 fully saturated rings. The van der Waals surface area contributed by atoms with E-state index >= 15 is 4.39 Å². The van der Waals surface area contributed by atoms with Crippen molar-refractivity contribution in [3.05, 3.63) is 54.6 Å². The minimum Gasteiger partial charge on any atom is -0.480 e. The minimum absolute atomic E-state index is 0. The van der Waals surface area contributed by atoms with Crippen molar-refractivity contribution in [2.24, 2.45) is 0 Å². The maximum atomic E-state index is 15.9. The van der Waals surface area contributed by atoms with Gasteiger partial charge in [0.1, 0.15) is 17.4 Å². The number of anilines is 2. The lowest BCUT2D eigenvalue weighted by Gasteiger charge is -2.37. The highest BCUT2D eigenvalue weighted by Crippen LogP contribution is 2.40. The molecule has 1 saturated heterocycles. The number of carboxylic acid groups (broad SMARTS) is 1. The molecule has 1 unspecified atom stereocenters. The van der Waals surface area contributed by atoms with Crippen LogP contribution in [0.5, 0.6) is 0 Å². The van der Waals surface area contributed by atoms with Gasteiger partial charge in [0.05, 0.1) is 10.4 Å². The fourth-order valence-corrected chi connectivity index (χ4v) is 5.54. The Morgan fingerprint density at radius 3 is 2.52 bits per heavy atom. The second kappa shape index (κ2) is 12.5. The molecule has 3 N–H and O–H groups in total. The van der Waals surface area contributed by atoms with Crippen LogP contribution in [-0.4, -0.2) is 75.7 Å². The first-order chi connectivity index (χ1) is 18.9. The summed E-state index contributed by atoms with van der Waals surface area (Å²) in [6.07, 6.45) is 3.31. The zero-order chi connectivity index (χ0) is 27.5. The van der Waals surface area contributed by atoms with Crippen LogP contribution in [0.1, 0.15) is 13.8 Å². The van der Waals surface area contributed by atoms with Crippen LogP contribution in [0.15, 0.2) is 48.8 Å². The van der Waals surface area contributed by atoms with E-state index in [1.807, 2.05) is 42.2 Å². The van der Waals surface area contributed by atoms with Crippen LogP contribution in [0.2, 0.25) is 0 Å². The Bertz CT molecular complexity index is 1500. The molecular weight excluding hydrogens is 557 g/mol. The molecule has 4 heterocycles. The van der Waals surface area contributed by atoms with E-state index in [4.69, 9.17) is 0 Å². The number of nitrogens with zero attached hydrogens (tertiary/aromatic N) is 5. The predicted molar refractivity (Wildman–Crippen MR) is 157 cm³/mol. The zero-order valence-electron chi connectivity index (χ0n) is 21.9. The highest BCUT2D eigenvalue weighted by Gasteiger charge is 2.26. The summed E-state index contributed by atoms with van der Waals surface area (Å²) in [5.74, 6) is -0.590. The molecule has 1 aliphatic rings. The Balaban J connectivity index is 0.00000370. The number of aromatic nitrogens is 3. The highest BCUT2D eigenvalue weighted by molar-refractivity contribution is 7.22. The lowest BCUT2D eigenvalue weighted by molar-refractivity contribution is -0.142. The van der Waals surface area contributed by atoms with Crippen molar-refractivity contribution < 1.29 is 19.1 Å². The van der Waals surface area contributed by atoms with Crippen molar-refractivity contribution in [1.82, 2.24) is 25.2 Å². The van der Waals surface area contributed by atoms with Crippen molar-refractivity contribution in [1.29, 1.82) is 0 Å². The number of nitrogens with one attached hydrogen (secondary N) is 2. The van der Waals surface area contributed by atoms with E-state index in [1.54, 1.807) is 25.4 Å². The Morgan fingerprint density at radius 2 is 1.90 bits per heavy atom. The lowest BCUT2D eigenvalue weighted by atomic mass is 10.0. The maximum absolute atomic E-state index is 15.9. The minimum atomic E-state index is -0.831. The number of amides is 2. The molecule has 40 heavy (non-hydrogen) atoms. The number of carbonyl (C=O) groups excluding carboxylic acids is 1. The molecule has 210 valence electrons. The van der Waals surface area contributed by atoms with Gasteiger partial charge in [-0.05, 0) is 44.2 Å². The molecule has 4 aromatic rings.